The molecule has 328 valence electrons. The van der Waals surface area contributed by atoms with E-state index >= 15 is 0 Å². The number of benzene rings is 7. The van der Waals surface area contributed by atoms with E-state index in [2.05, 4.69) is 164 Å². The van der Waals surface area contributed by atoms with Crippen molar-refractivity contribution in [1.82, 2.24) is 34.5 Å². The van der Waals surface area contributed by atoms with Crippen molar-refractivity contribution < 1.29 is 4.74 Å². The Kier molecular flexibility index (Phi) is 8.96. The molecule has 1 aliphatic rings. The molecule has 1 aliphatic heterocycles. The molecule has 0 amide bonds. The van der Waals surface area contributed by atoms with Crippen LogP contribution in [0.4, 0.5) is 34.1 Å². The van der Waals surface area contributed by atoms with E-state index in [0.717, 1.165) is 128 Å². The number of hydrogen-bond acceptors (Lipinski definition) is 9. The number of hydrogen-bond donors (Lipinski definition) is 0. The Labute approximate surface area is 401 Å². The average Bonchev–Trinajstić information content (AvgIpc) is 3.76. The second-order valence-corrected chi connectivity index (χ2v) is 17.3. The molecule has 10 nitrogen and oxygen atoms in total. The number of aromatic nitrogens is 7. The molecule has 7 aromatic carbocycles. The molecule has 14 rings (SSSR count). The normalized spacial score (nSPS) is 12.1. The van der Waals surface area contributed by atoms with Gasteiger partial charge in [-0.1, -0.05) is 60.7 Å². The molecule has 6 aromatic heterocycles. The number of ether oxygens (including phenoxy) is 1. The zero-order valence-electron chi connectivity index (χ0n) is 37.3. The zero-order valence-corrected chi connectivity index (χ0v) is 37.3. The Balaban J connectivity index is 0.978. The van der Waals surface area contributed by atoms with E-state index < -0.39 is 0 Å². The van der Waals surface area contributed by atoms with Crippen molar-refractivity contribution in [3.05, 3.63) is 225 Å². The summed E-state index contributed by atoms with van der Waals surface area (Å²) in [5.74, 6) is 1.60. The standard InChI is InChI=1S/C60H37N9O/c1-3-13-41(14-4-1)67(42-15-5-2-6-16-42)43-21-23-51-46(32-43)47-33-44(68-53-17-7-9-19-55(53)70-56-20-10-8-18-54(56)68)22-24-52(47)69(51)45-34-49-58-57(63-28-29-64-58)48-30-40(36-65-59(48)60(49)66-37-45)38-25-27-62-50(31-38)39-12-11-26-61-35-39/h1-37H. The molecule has 7 heterocycles. The van der Waals surface area contributed by atoms with E-state index in [9.17, 15) is 0 Å². The Morgan fingerprint density at radius 3 is 1.69 bits per heavy atom. The van der Waals surface area contributed by atoms with Crippen LogP contribution in [0.5, 0.6) is 11.5 Å². The molecule has 0 saturated carbocycles. The van der Waals surface area contributed by atoms with Crippen LogP contribution in [0.15, 0.2) is 225 Å². The van der Waals surface area contributed by atoms with E-state index in [4.69, 9.17) is 24.7 Å². The van der Waals surface area contributed by atoms with Crippen LogP contribution >= 0.6 is 0 Å². The van der Waals surface area contributed by atoms with Gasteiger partial charge in [-0.15, -0.1) is 0 Å². The number of fused-ring (bicyclic) bond motifs is 11. The van der Waals surface area contributed by atoms with Crippen LogP contribution < -0.4 is 14.5 Å². The summed E-state index contributed by atoms with van der Waals surface area (Å²) < 4.78 is 8.75. The van der Waals surface area contributed by atoms with Gasteiger partial charge in [-0.2, -0.15) is 0 Å². The summed E-state index contributed by atoms with van der Waals surface area (Å²) >= 11 is 0. The monoisotopic (exact) mass is 899 g/mol. The second-order valence-electron chi connectivity index (χ2n) is 17.3. The molecule has 0 saturated heterocycles. The van der Waals surface area contributed by atoms with E-state index in [1.54, 1.807) is 18.6 Å². The lowest BCUT2D eigenvalue weighted by Gasteiger charge is -2.32. The third-order valence-electron chi connectivity index (χ3n) is 13.2. The van der Waals surface area contributed by atoms with E-state index in [-0.39, 0.29) is 0 Å². The summed E-state index contributed by atoms with van der Waals surface area (Å²) in [5, 5.41) is 3.90. The quantitative estimate of drug-likeness (QED) is 0.145. The summed E-state index contributed by atoms with van der Waals surface area (Å²) in [6.07, 6.45) is 12.8. The maximum atomic E-state index is 6.44. The van der Waals surface area contributed by atoms with Crippen molar-refractivity contribution in [2.75, 3.05) is 9.80 Å². The Morgan fingerprint density at radius 2 is 0.986 bits per heavy atom. The molecule has 0 aliphatic carbocycles. The number of pyridine rings is 4. The van der Waals surface area contributed by atoms with Crippen molar-refractivity contribution in [2.24, 2.45) is 0 Å². The first-order valence-corrected chi connectivity index (χ1v) is 23.1. The minimum atomic E-state index is 0.750. The van der Waals surface area contributed by atoms with Gasteiger partial charge in [0.2, 0.25) is 0 Å². The van der Waals surface area contributed by atoms with Crippen molar-refractivity contribution in [1.29, 1.82) is 0 Å². The summed E-state index contributed by atoms with van der Waals surface area (Å²) in [6.45, 7) is 0. The van der Waals surface area contributed by atoms with E-state index in [0.29, 0.717) is 0 Å². The molecule has 0 unspecified atom stereocenters. The fourth-order valence-electron chi connectivity index (χ4n) is 10.1. The van der Waals surface area contributed by atoms with E-state index in [1.165, 1.54) is 0 Å². The first kappa shape index (κ1) is 39.4. The van der Waals surface area contributed by atoms with Gasteiger partial charge < -0.3 is 19.1 Å². The summed E-state index contributed by atoms with van der Waals surface area (Å²) in [5.41, 5.74) is 15.8. The van der Waals surface area contributed by atoms with Gasteiger partial charge in [0, 0.05) is 92.6 Å². The van der Waals surface area contributed by atoms with E-state index in [1.807, 2.05) is 67.3 Å². The fraction of sp³-hybridized carbons (Fsp3) is 0. The summed E-state index contributed by atoms with van der Waals surface area (Å²) in [4.78, 5) is 33.8. The molecule has 13 aromatic rings. The second kappa shape index (κ2) is 15.9. The van der Waals surface area contributed by atoms with Crippen molar-refractivity contribution in [2.45, 2.75) is 0 Å². The number of rotatable bonds is 7. The predicted molar refractivity (Wildman–Crippen MR) is 280 cm³/mol. The van der Waals surface area contributed by atoms with Crippen LogP contribution in [0.25, 0.3) is 82.7 Å². The predicted octanol–water partition coefficient (Wildman–Crippen LogP) is 15.0. The smallest absolute Gasteiger partial charge is 0.151 e. The molecule has 0 bridgehead atoms. The maximum absolute atomic E-state index is 6.44. The van der Waals surface area contributed by atoms with Crippen LogP contribution in [0.1, 0.15) is 0 Å². The fourth-order valence-corrected chi connectivity index (χ4v) is 10.1. The number of nitrogens with zero attached hydrogens (tertiary/aromatic N) is 9. The average molecular weight is 900 g/mol. The molecular formula is C60H37N9O. The van der Waals surface area contributed by atoms with Crippen LogP contribution in [-0.4, -0.2) is 34.5 Å². The highest BCUT2D eigenvalue weighted by Gasteiger charge is 2.27. The van der Waals surface area contributed by atoms with Crippen LogP contribution in [0, 0.1) is 0 Å². The molecule has 0 spiro atoms. The molecule has 70 heavy (non-hydrogen) atoms. The van der Waals surface area contributed by atoms with Crippen LogP contribution in [0.3, 0.4) is 0 Å². The SMILES string of the molecule is c1ccc(N(c2ccccc2)c2ccc3c(c2)c2cc(N4c5ccccc5Oc5ccccc54)ccc2n3-c2cnc3c(c2)c2nccnc2c2cc(-c4ccnc(-c5cccnc5)c4)cnc23)cc1. The van der Waals surface area contributed by atoms with Crippen molar-refractivity contribution >= 4 is 88.8 Å². The van der Waals surface area contributed by atoms with Crippen molar-refractivity contribution in [3.63, 3.8) is 0 Å². The van der Waals surface area contributed by atoms with Gasteiger partial charge in [0.1, 0.15) is 0 Å². The maximum Gasteiger partial charge on any atom is 0.151 e. The third-order valence-corrected chi connectivity index (χ3v) is 13.2. The topological polar surface area (TPSA) is 98.0 Å². The number of para-hydroxylation sites is 6. The Hall–Kier alpha value is -9.80. The van der Waals surface area contributed by atoms with Crippen LogP contribution in [0.2, 0.25) is 0 Å². The lowest BCUT2D eigenvalue weighted by Crippen LogP contribution is -2.15. The van der Waals surface area contributed by atoms with Gasteiger partial charge in [-0.25, -0.2) is 0 Å². The van der Waals surface area contributed by atoms with Gasteiger partial charge in [-0.3, -0.25) is 29.9 Å². The molecule has 0 fully saturated rings. The molecule has 0 atom stereocenters. The van der Waals surface area contributed by atoms with Gasteiger partial charge in [0.25, 0.3) is 0 Å². The van der Waals surface area contributed by atoms with Crippen LogP contribution in [-0.2, 0) is 0 Å². The third kappa shape index (κ3) is 6.35. The van der Waals surface area contributed by atoms with Gasteiger partial charge in [-0.05, 0) is 127 Å². The largest absolute Gasteiger partial charge is 0.453 e. The zero-order chi connectivity index (χ0) is 46.1. The molecule has 10 heteroatoms. The highest BCUT2D eigenvalue weighted by Crippen LogP contribution is 2.51. The van der Waals surface area contributed by atoms with Crippen molar-refractivity contribution in [3.8, 4) is 39.6 Å². The van der Waals surface area contributed by atoms with Gasteiger partial charge >= 0.3 is 0 Å². The molecule has 0 N–H and O–H groups in total. The van der Waals surface area contributed by atoms with Gasteiger partial charge in [0.05, 0.1) is 62.1 Å². The summed E-state index contributed by atoms with van der Waals surface area (Å²) in [6, 6.07) is 63.2. The Morgan fingerprint density at radius 1 is 0.371 bits per heavy atom. The first-order valence-electron chi connectivity index (χ1n) is 23.1. The minimum absolute atomic E-state index is 0.750. The lowest BCUT2D eigenvalue weighted by molar-refractivity contribution is 0.477. The number of anilines is 6. The van der Waals surface area contributed by atoms with Gasteiger partial charge in [0.15, 0.2) is 11.5 Å². The summed E-state index contributed by atoms with van der Waals surface area (Å²) in [7, 11) is 0. The molecular weight excluding hydrogens is 863 g/mol. The highest BCUT2D eigenvalue weighted by atomic mass is 16.5. The molecule has 0 radical (unpaired) electrons. The first-order chi connectivity index (χ1) is 34.7. The highest BCUT2D eigenvalue weighted by molar-refractivity contribution is 6.21. The Bertz CT molecular complexity index is 4080. The minimum Gasteiger partial charge on any atom is -0.453 e. The lowest BCUT2D eigenvalue weighted by atomic mass is 10.0.